The number of Topliss-reactive ketones (excluding diaryl/α,β-unsaturated/α-hetero) is 1. The van der Waals surface area contributed by atoms with Crippen LogP contribution in [0.5, 0.6) is 5.75 Å². The van der Waals surface area contributed by atoms with Gasteiger partial charge in [-0.2, -0.15) is 0 Å². The normalized spacial score (nSPS) is 14.4. The summed E-state index contributed by atoms with van der Waals surface area (Å²) in [6.07, 6.45) is 1.19. The number of phenols is 1. The first-order valence-corrected chi connectivity index (χ1v) is 4.90. The van der Waals surface area contributed by atoms with Crippen molar-refractivity contribution in [1.29, 1.82) is 0 Å². The van der Waals surface area contributed by atoms with E-state index in [1.165, 1.54) is 24.3 Å². The van der Waals surface area contributed by atoms with Gasteiger partial charge < -0.3 is 9.84 Å². The molecule has 0 spiro atoms. The summed E-state index contributed by atoms with van der Waals surface area (Å²) < 4.78 is 5.07. The highest BCUT2D eigenvalue weighted by molar-refractivity contribution is 6.23. The lowest BCUT2D eigenvalue weighted by molar-refractivity contribution is 0.0891. The number of ether oxygens (including phenoxy) is 1. The Kier molecular flexibility index (Phi) is 2.48. The molecule has 16 heavy (non-hydrogen) atoms. The number of allylic oxidation sites excluding steroid dienone is 2. The molecule has 82 valence electrons. The zero-order valence-electron chi connectivity index (χ0n) is 8.69. The van der Waals surface area contributed by atoms with E-state index >= 15 is 0 Å². The summed E-state index contributed by atoms with van der Waals surface area (Å²) in [6, 6.07) is 4.09. The molecule has 0 bridgehead atoms. The van der Waals surface area contributed by atoms with E-state index < -0.39 is 0 Å². The molecule has 0 saturated carbocycles. The average Bonchev–Trinajstić information content (AvgIpc) is 2.25. The van der Waals surface area contributed by atoms with Gasteiger partial charge in [0.1, 0.15) is 5.75 Å². The molecule has 1 aromatic carbocycles. The Labute approximate surface area is 92.2 Å². The van der Waals surface area contributed by atoms with E-state index in [-0.39, 0.29) is 28.6 Å². The van der Waals surface area contributed by atoms with Crippen LogP contribution in [0.1, 0.15) is 27.6 Å². The van der Waals surface area contributed by atoms with Gasteiger partial charge in [0.25, 0.3) is 0 Å². The maximum Gasteiger partial charge on any atom is 0.228 e. The first kappa shape index (κ1) is 10.4. The van der Waals surface area contributed by atoms with Crippen LogP contribution in [0.4, 0.5) is 0 Å². The van der Waals surface area contributed by atoms with Crippen LogP contribution in [-0.4, -0.2) is 23.3 Å². The fourth-order valence-electron chi connectivity index (χ4n) is 1.59. The number of hydrogen-bond acceptors (Lipinski definition) is 4. The molecule has 0 aliphatic heterocycles. The van der Waals surface area contributed by atoms with E-state index in [2.05, 4.69) is 0 Å². The van der Waals surface area contributed by atoms with Crippen LogP contribution in [0.25, 0.3) is 0 Å². The van der Waals surface area contributed by atoms with Gasteiger partial charge in [-0.05, 0) is 25.1 Å². The molecule has 1 N–H and O–H groups in total. The third-order valence-electron chi connectivity index (χ3n) is 2.30. The van der Waals surface area contributed by atoms with Crippen LogP contribution < -0.4 is 0 Å². The van der Waals surface area contributed by atoms with Crippen LogP contribution >= 0.6 is 0 Å². The minimum atomic E-state index is -0.368. The number of rotatable bonds is 2. The lowest BCUT2D eigenvalue weighted by atomic mass is 9.93. The molecule has 0 saturated heterocycles. The average molecular weight is 218 g/mol. The van der Waals surface area contributed by atoms with E-state index in [0.717, 1.165) is 0 Å². The lowest BCUT2D eigenvalue weighted by Gasteiger charge is -2.14. The molecule has 4 heteroatoms. The van der Waals surface area contributed by atoms with Crippen molar-refractivity contribution in [2.75, 3.05) is 6.61 Å². The summed E-state index contributed by atoms with van der Waals surface area (Å²) in [6.45, 7) is 2.05. The smallest absolute Gasteiger partial charge is 0.228 e. The topological polar surface area (TPSA) is 63.6 Å². The molecule has 1 aliphatic carbocycles. The molecule has 0 aromatic heterocycles. The minimum Gasteiger partial charge on any atom is -0.508 e. The number of carbonyl (C=O) groups excluding carboxylic acids is 2. The molecule has 0 fully saturated rings. The van der Waals surface area contributed by atoms with Crippen LogP contribution in [0.2, 0.25) is 0 Å². The van der Waals surface area contributed by atoms with Gasteiger partial charge in [0.05, 0.1) is 6.61 Å². The van der Waals surface area contributed by atoms with Crippen molar-refractivity contribution < 1.29 is 19.4 Å². The van der Waals surface area contributed by atoms with E-state index in [1.54, 1.807) is 6.92 Å². The van der Waals surface area contributed by atoms with Gasteiger partial charge in [-0.15, -0.1) is 0 Å². The number of phenolic OH excluding ortho intramolecular Hbond substituents is 1. The molecule has 4 nitrogen and oxygen atoms in total. The first-order valence-electron chi connectivity index (χ1n) is 4.90. The summed E-state index contributed by atoms with van der Waals surface area (Å²) in [4.78, 5) is 23.5. The van der Waals surface area contributed by atoms with Crippen molar-refractivity contribution >= 4 is 11.6 Å². The van der Waals surface area contributed by atoms with Crippen molar-refractivity contribution in [3.05, 3.63) is 41.2 Å². The highest BCUT2D eigenvalue weighted by Crippen LogP contribution is 2.25. The third kappa shape index (κ3) is 1.58. The van der Waals surface area contributed by atoms with Gasteiger partial charge in [0, 0.05) is 17.2 Å². The van der Waals surface area contributed by atoms with Crippen molar-refractivity contribution in [3.8, 4) is 5.75 Å². The van der Waals surface area contributed by atoms with Crippen LogP contribution in [-0.2, 0) is 4.74 Å². The van der Waals surface area contributed by atoms with Crippen molar-refractivity contribution in [1.82, 2.24) is 0 Å². The molecule has 0 amide bonds. The number of benzene rings is 1. The van der Waals surface area contributed by atoms with E-state index in [9.17, 15) is 14.7 Å². The second-order valence-electron chi connectivity index (χ2n) is 3.36. The van der Waals surface area contributed by atoms with Crippen molar-refractivity contribution in [2.45, 2.75) is 6.92 Å². The number of fused-ring (bicyclic) bond motifs is 1. The van der Waals surface area contributed by atoms with Crippen molar-refractivity contribution in [3.63, 3.8) is 0 Å². The first-order chi connectivity index (χ1) is 7.63. The zero-order valence-corrected chi connectivity index (χ0v) is 8.69. The molecule has 0 atom stereocenters. The largest absolute Gasteiger partial charge is 0.508 e. The van der Waals surface area contributed by atoms with Crippen LogP contribution in [0.3, 0.4) is 0 Å². The van der Waals surface area contributed by atoms with E-state index in [0.29, 0.717) is 12.2 Å². The fraction of sp³-hybridized carbons (Fsp3) is 0.167. The Bertz CT molecular complexity index is 500. The molecule has 0 radical (unpaired) electrons. The molecule has 1 aromatic rings. The molecule has 1 aliphatic rings. The second kappa shape index (κ2) is 3.81. The Morgan fingerprint density at radius 1 is 1.25 bits per heavy atom. The molecular formula is C12H10O4. The molecule has 0 heterocycles. The maximum atomic E-state index is 11.8. The SMILES string of the molecule is CCOC1=CC(=O)c2ccc(O)cc2C1=O. The number of ketones is 2. The fourth-order valence-corrected chi connectivity index (χ4v) is 1.59. The molecule has 0 unspecified atom stereocenters. The predicted molar refractivity (Wildman–Crippen MR) is 56.5 cm³/mol. The van der Waals surface area contributed by atoms with Gasteiger partial charge in [-0.25, -0.2) is 0 Å². The number of carbonyl (C=O) groups is 2. The summed E-state index contributed by atoms with van der Waals surface area (Å²) in [5.41, 5.74) is 0.488. The quantitative estimate of drug-likeness (QED) is 0.820. The van der Waals surface area contributed by atoms with Gasteiger partial charge in [-0.1, -0.05) is 0 Å². The Morgan fingerprint density at radius 3 is 2.69 bits per heavy atom. The standard InChI is InChI=1S/C12H10O4/c1-2-16-11-6-10(14)8-4-3-7(13)5-9(8)12(11)15/h3-6,13H,2H2,1H3. The maximum absolute atomic E-state index is 11.8. The zero-order chi connectivity index (χ0) is 11.7. The molecule has 2 rings (SSSR count). The third-order valence-corrected chi connectivity index (χ3v) is 2.30. The van der Waals surface area contributed by atoms with E-state index in [4.69, 9.17) is 4.74 Å². The Hall–Kier alpha value is -2.10. The van der Waals surface area contributed by atoms with Gasteiger partial charge in [0.15, 0.2) is 11.5 Å². The predicted octanol–water partition coefficient (Wildman–Crippen LogP) is 1.69. The highest BCUT2D eigenvalue weighted by Gasteiger charge is 2.26. The summed E-state index contributed by atoms with van der Waals surface area (Å²) >= 11 is 0. The Morgan fingerprint density at radius 2 is 2.00 bits per heavy atom. The summed E-state index contributed by atoms with van der Waals surface area (Å²) in [5, 5.41) is 9.28. The van der Waals surface area contributed by atoms with Crippen LogP contribution in [0.15, 0.2) is 30.0 Å². The Balaban J connectivity index is 2.52. The van der Waals surface area contributed by atoms with Gasteiger partial charge >= 0.3 is 0 Å². The van der Waals surface area contributed by atoms with Crippen molar-refractivity contribution in [2.24, 2.45) is 0 Å². The minimum absolute atomic E-state index is 0.0330. The molecular weight excluding hydrogens is 208 g/mol. The van der Waals surface area contributed by atoms with E-state index in [1.807, 2.05) is 0 Å². The second-order valence-corrected chi connectivity index (χ2v) is 3.36. The number of aromatic hydroxyl groups is 1. The van der Waals surface area contributed by atoms with Crippen LogP contribution in [0, 0.1) is 0 Å². The monoisotopic (exact) mass is 218 g/mol. The summed E-state index contributed by atoms with van der Waals surface area (Å²) in [7, 11) is 0. The number of hydrogen-bond donors (Lipinski definition) is 1. The summed E-state index contributed by atoms with van der Waals surface area (Å²) in [5.74, 6) is -0.659. The lowest BCUT2D eigenvalue weighted by Crippen LogP contribution is -2.18. The highest BCUT2D eigenvalue weighted by atomic mass is 16.5. The van der Waals surface area contributed by atoms with Gasteiger partial charge in [-0.3, -0.25) is 9.59 Å². The van der Waals surface area contributed by atoms with Gasteiger partial charge in [0.2, 0.25) is 5.78 Å².